The molecule has 2 aliphatic rings. The third-order valence-electron chi connectivity index (χ3n) is 6.43. The number of furan rings is 1. The molecule has 0 N–H and O–H groups in total. The van der Waals surface area contributed by atoms with Crippen LogP contribution in [0.1, 0.15) is 37.0 Å². The molecule has 0 amide bonds. The monoisotopic (exact) mass is 473 g/mol. The minimum absolute atomic E-state index is 0. The van der Waals surface area contributed by atoms with Gasteiger partial charge in [0.1, 0.15) is 0 Å². The highest BCUT2D eigenvalue weighted by Crippen LogP contribution is 2.64. The van der Waals surface area contributed by atoms with Crippen molar-refractivity contribution in [2.75, 3.05) is 13.1 Å². The number of aromatic nitrogens is 4. The van der Waals surface area contributed by atoms with E-state index < -0.39 is 0 Å². The standard InChI is InChI=1S/C22H20ClN5O3.ClH/c23-15-4-1-3-14(11-15)19-25-21(31-26-19)16-12-22(16)6-8-28(9-7-22)13-18-24-20(27-30-18)17-5-2-10-29-17;/h1-5,10-11,16H,6-9,12-13H2;1H. The van der Waals surface area contributed by atoms with Crippen LogP contribution in [0, 0.1) is 5.41 Å². The maximum Gasteiger partial charge on any atom is 0.241 e. The Morgan fingerprint density at radius 1 is 1.03 bits per heavy atom. The normalized spacial score (nSPS) is 19.7. The van der Waals surface area contributed by atoms with Crippen molar-refractivity contribution in [1.29, 1.82) is 0 Å². The summed E-state index contributed by atoms with van der Waals surface area (Å²) in [6.45, 7) is 2.60. The van der Waals surface area contributed by atoms with E-state index >= 15 is 0 Å². The molecule has 0 bridgehead atoms. The van der Waals surface area contributed by atoms with Crippen molar-refractivity contribution in [2.24, 2.45) is 5.41 Å². The second-order valence-corrected chi connectivity index (χ2v) is 8.79. The number of rotatable bonds is 5. The van der Waals surface area contributed by atoms with Crippen LogP contribution >= 0.6 is 24.0 Å². The predicted molar refractivity (Wildman–Crippen MR) is 118 cm³/mol. The van der Waals surface area contributed by atoms with Gasteiger partial charge in [0, 0.05) is 16.5 Å². The number of likely N-dealkylation sites (tertiary alicyclic amines) is 1. The van der Waals surface area contributed by atoms with E-state index in [4.69, 9.17) is 25.1 Å². The fraction of sp³-hybridized carbons (Fsp3) is 0.364. The fourth-order valence-corrected chi connectivity index (χ4v) is 4.73. The van der Waals surface area contributed by atoms with E-state index in [2.05, 4.69) is 25.2 Å². The minimum Gasteiger partial charge on any atom is -0.461 e. The van der Waals surface area contributed by atoms with Crippen LogP contribution in [0.25, 0.3) is 23.0 Å². The molecule has 166 valence electrons. The lowest BCUT2D eigenvalue weighted by Crippen LogP contribution is -2.34. The fourth-order valence-electron chi connectivity index (χ4n) is 4.54. The summed E-state index contributed by atoms with van der Waals surface area (Å²) in [6.07, 6.45) is 4.88. The summed E-state index contributed by atoms with van der Waals surface area (Å²) in [5.74, 6) is 3.39. The Balaban J connectivity index is 0.00000216. The largest absolute Gasteiger partial charge is 0.461 e. The highest BCUT2D eigenvalue weighted by molar-refractivity contribution is 6.30. The molecule has 3 aromatic heterocycles. The molecule has 32 heavy (non-hydrogen) atoms. The van der Waals surface area contributed by atoms with Crippen LogP contribution in [-0.4, -0.2) is 38.3 Å². The van der Waals surface area contributed by atoms with Gasteiger partial charge in [-0.15, -0.1) is 12.4 Å². The van der Waals surface area contributed by atoms with Gasteiger partial charge in [-0.25, -0.2) is 0 Å². The second kappa shape index (κ2) is 8.35. The Morgan fingerprint density at radius 2 is 1.88 bits per heavy atom. The number of halogens is 2. The molecule has 4 heterocycles. The quantitative estimate of drug-likeness (QED) is 0.389. The van der Waals surface area contributed by atoms with Gasteiger partial charge >= 0.3 is 0 Å². The Hall–Kier alpha value is -2.68. The van der Waals surface area contributed by atoms with Gasteiger partial charge in [-0.2, -0.15) is 9.97 Å². The van der Waals surface area contributed by atoms with Crippen LogP contribution in [0.3, 0.4) is 0 Å². The molecule has 1 aliphatic carbocycles. The smallest absolute Gasteiger partial charge is 0.241 e. The Morgan fingerprint density at radius 3 is 2.66 bits per heavy atom. The van der Waals surface area contributed by atoms with E-state index in [-0.39, 0.29) is 17.8 Å². The molecule has 1 aromatic carbocycles. The average molecular weight is 474 g/mol. The molecule has 1 atom stereocenters. The zero-order chi connectivity index (χ0) is 20.8. The molecule has 8 nitrogen and oxygen atoms in total. The maximum atomic E-state index is 6.08. The third-order valence-corrected chi connectivity index (χ3v) is 6.67. The van der Waals surface area contributed by atoms with E-state index in [9.17, 15) is 0 Å². The van der Waals surface area contributed by atoms with Crippen LogP contribution in [0.2, 0.25) is 5.02 Å². The molecule has 1 unspecified atom stereocenters. The van der Waals surface area contributed by atoms with Crippen LogP contribution in [0.15, 0.2) is 56.1 Å². The molecule has 1 saturated carbocycles. The minimum atomic E-state index is 0. The number of hydrogen-bond acceptors (Lipinski definition) is 8. The van der Waals surface area contributed by atoms with Crippen molar-refractivity contribution in [1.82, 2.24) is 25.2 Å². The Kier molecular flexibility index (Phi) is 5.53. The Bertz CT molecular complexity index is 1200. The van der Waals surface area contributed by atoms with E-state index in [1.807, 2.05) is 36.4 Å². The van der Waals surface area contributed by atoms with Crippen molar-refractivity contribution in [3.8, 4) is 23.0 Å². The molecule has 0 radical (unpaired) electrons. The highest BCUT2D eigenvalue weighted by Gasteiger charge is 2.58. The van der Waals surface area contributed by atoms with Gasteiger partial charge in [0.2, 0.25) is 23.4 Å². The van der Waals surface area contributed by atoms with Gasteiger partial charge in [0.15, 0.2) is 5.76 Å². The van der Waals surface area contributed by atoms with Crippen LogP contribution < -0.4 is 0 Å². The number of nitrogens with zero attached hydrogens (tertiary/aromatic N) is 5. The van der Waals surface area contributed by atoms with Crippen LogP contribution in [-0.2, 0) is 6.54 Å². The van der Waals surface area contributed by atoms with Gasteiger partial charge in [0.05, 0.1) is 12.8 Å². The van der Waals surface area contributed by atoms with E-state index in [1.54, 1.807) is 6.26 Å². The first kappa shape index (κ1) is 21.2. The van der Waals surface area contributed by atoms with Crippen LogP contribution in [0.4, 0.5) is 0 Å². The first-order chi connectivity index (χ1) is 15.2. The molecule has 1 aliphatic heterocycles. The van der Waals surface area contributed by atoms with E-state index in [0.717, 1.165) is 43.8 Å². The summed E-state index contributed by atoms with van der Waals surface area (Å²) in [6, 6.07) is 11.2. The summed E-state index contributed by atoms with van der Waals surface area (Å²) >= 11 is 6.08. The third kappa shape index (κ3) is 3.94. The summed E-state index contributed by atoms with van der Waals surface area (Å²) < 4.78 is 16.3. The second-order valence-electron chi connectivity index (χ2n) is 8.35. The first-order valence-corrected chi connectivity index (χ1v) is 10.7. The zero-order valence-electron chi connectivity index (χ0n) is 17.1. The summed E-state index contributed by atoms with van der Waals surface area (Å²) in [7, 11) is 0. The van der Waals surface area contributed by atoms with E-state index in [1.165, 1.54) is 0 Å². The van der Waals surface area contributed by atoms with Crippen molar-refractivity contribution in [3.63, 3.8) is 0 Å². The topological polar surface area (TPSA) is 94.2 Å². The SMILES string of the molecule is Cl.Clc1cccc(-c2noc(C3CC34CCN(Cc3nc(-c5ccco5)no3)CC4)n2)c1. The molecular weight excluding hydrogens is 453 g/mol. The molecule has 1 spiro atoms. The maximum absolute atomic E-state index is 6.08. The van der Waals surface area contributed by atoms with Gasteiger partial charge < -0.3 is 13.5 Å². The molecule has 10 heteroatoms. The number of benzene rings is 1. The van der Waals surface area contributed by atoms with Gasteiger partial charge in [-0.3, -0.25) is 4.90 Å². The number of hydrogen-bond donors (Lipinski definition) is 0. The molecule has 2 fully saturated rings. The molecular formula is C22H21Cl2N5O3. The van der Waals surface area contributed by atoms with Gasteiger partial charge in [-0.05, 0) is 62.0 Å². The highest BCUT2D eigenvalue weighted by atomic mass is 35.5. The summed E-state index contributed by atoms with van der Waals surface area (Å²) in [5.41, 5.74) is 1.14. The molecule has 1 saturated heterocycles. The van der Waals surface area contributed by atoms with Crippen molar-refractivity contribution >= 4 is 24.0 Å². The predicted octanol–water partition coefficient (Wildman–Crippen LogP) is 5.22. The molecule has 6 rings (SSSR count). The van der Waals surface area contributed by atoms with E-state index in [0.29, 0.717) is 40.8 Å². The Labute approximate surface area is 195 Å². The average Bonchev–Trinajstić information content (AvgIpc) is 3.30. The first-order valence-electron chi connectivity index (χ1n) is 10.4. The lowest BCUT2D eigenvalue weighted by atomic mass is 9.91. The van der Waals surface area contributed by atoms with Gasteiger partial charge in [0.25, 0.3) is 0 Å². The number of piperidine rings is 1. The van der Waals surface area contributed by atoms with Crippen molar-refractivity contribution in [2.45, 2.75) is 31.7 Å². The van der Waals surface area contributed by atoms with Crippen molar-refractivity contribution < 1.29 is 13.5 Å². The summed E-state index contributed by atoms with van der Waals surface area (Å²) in [5, 5.41) is 8.84. The summed E-state index contributed by atoms with van der Waals surface area (Å²) in [4.78, 5) is 11.5. The lowest BCUT2D eigenvalue weighted by Gasteiger charge is -2.31. The van der Waals surface area contributed by atoms with Gasteiger partial charge in [-0.1, -0.05) is 34.0 Å². The van der Waals surface area contributed by atoms with Crippen LogP contribution in [0.5, 0.6) is 0 Å². The zero-order valence-corrected chi connectivity index (χ0v) is 18.7. The lowest BCUT2D eigenvalue weighted by molar-refractivity contribution is 0.144. The molecule has 4 aromatic rings. The van der Waals surface area contributed by atoms with Crippen molar-refractivity contribution in [3.05, 3.63) is 59.5 Å².